The first-order valence-electron chi connectivity index (χ1n) is 7.00. The van der Waals surface area contributed by atoms with E-state index in [0.717, 1.165) is 25.0 Å². The Hall–Kier alpha value is -1.21. The van der Waals surface area contributed by atoms with Crippen molar-refractivity contribution >= 4 is 15.7 Å². The molecule has 2 rings (SSSR count). The molecule has 1 aromatic rings. The smallest absolute Gasteiger partial charge is 0.243 e. The van der Waals surface area contributed by atoms with E-state index in [1.165, 1.54) is 0 Å². The lowest BCUT2D eigenvalue weighted by molar-refractivity contribution is 0.227. The molecule has 0 amide bonds. The van der Waals surface area contributed by atoms with Crippen LogP contribution in [0.15, 0.2) is 17.0 Å². The van der Waals surface area contributed by atoms with E-state index >= 15 is 0 Å². The van der Waals surface area contributed by atoms with Crippen LogP contribution in [0.1, 0.15) is 33.1 Å². The minimum absolute atomic E-state index is 0.161. The summed E-state index contributed by atoms with van der Waals surface area (Å²) in [6, 6.07) is 1.52. The van der Waals surface area contributed by atoms with Crippen LogP contribution in [-0.2, 0) is 10.0 Å². The first-order valence-corrected chi connectivity index (χ1v) is 8.48. The van der Waals surface area contributed by atoms with Gasteiger partial charge in [0.25, 0.3) is 0 Å². The zero-order valence-corrected chi connectivity index (χ0v) is 12.9. The van der Waals surface area contributed by atoms with Gasteiger partial charge >= 0.3 is 0 Å². The van der Waals surface area contributed by atoms with E-state index in [2.05, 4.69) is 11.6 Å². The second kappa shape index (κ2) is 5.88. The number of nitrogens with one attached hydrogen (secondary N) is 1. The Balaban J connectivity index is 2.29. The van der Waals surface area contributed by atoms with Crippen molar-refractivity contribution in [3.8, 4) is 0 Å². The van der Waals surface area contributed by atoms with E-state index in [1.54, 1.807) is 0 Å². The largest absolute Gasteiger partial charge is 0.394 e. The highest BCUT2D eigenvalue weighted by molar-refractivity contribution is 7.89. The maximum Gasteiger partial charge on any atom is 0.243 e. The van der Waals surface area contributed by atoms with Crippen LogP contribution in [0.5, 0.6) is 0 Å². The van der Waals surface area contributed by atoms with Crippen LogP contribution in [0.2, 0.25) is 0 Å². The van der Waals surface area contributed by atoms with E-state index in [0.29, 0.717) is 12.3 Å². The Morgan fingerprint density at radius 1 is 1.24 bits per heavy atom. The summed E-state index contributed by atoms with van der Waals surface area (Å²) in [5.74, 6) is -1.64. The molecule has 0 aliphatic heterocycles. The highest BCUT2D eigenvalue weighted by Crippen LogP contribution is 2.31. The van der Waals surface area contributed by atoms with Gasteiger partial charge in [0.15, 0.2) is 5.82 Å². The summed E-state index contributed by atoms with van der Waals surface area (Å²) >= 11 is 0. The van der Waals surface area contributed by atoms with E-state index in [-0.39, 0.29) is 12.0 Å². The summed E-state index contributed by atoms with van der Waals surface area (Å²) in [5.41, 5.74) is 4.44. The van der Waals surface area contributed by atoms with Crippen molar-refractivity contribution in [3.63, 3.8) is 0 Å². The average Bonchev–Trinajstić information content (AvgIpc) is 2.41. The molecule has 3 atom stereocenters. The van der Waals surface area contributed by atoms with Gasteiger partial charge in [-0.1, -0.05) is 26.7 Å². The number of halogens is 2. The Labute approximate surface area is 123 Å². The van der Waals surface area contributed by atoms with Crippen molar-refractivity contribution in [1.29, 1.82) is 0 Å². The third-order valence-corrected chi connectivity index (χ3v) is 5.90. The quantitative estimate of drug-likeness (QED) is 0.842. The van der Waals surface area contributed by atoms with E-state index in [9.17, 15) is 17.2 Å². The summed E-state index contributed by atoms with van der Waals surface area (Å²) in [5, 5.41) is 0. The third-order valence-electron chi connectivity index (χ3n) is 4.39. The van der Waals surface area contributed by atoms with E-state index in [1.807, 2.05) is 6.92 Å². The number of sulfonamides is 1. The van der Waals surface area contributed by atoms with Crippen molar-refractivity contribution in [2.24, 2.45) is 11.8 Å². The zero-order valence-electron chi connectivity index (χ0n) is 12.1. The summed E-state index contributed by atoms with van der Waals surface area (Å²) in [6.07, 6.45) is 2.69. The Bertz CT molecular complexity index is 634. The fourth-order valence-corrected chi connectivity index (χ4v) is 4.22. The number of hydrogen-bond acceptors (Lipinski definition) is 3. The first-order chi connectivity index (χ1) is 9.74. The predicted molar refractivity (Wildman–Crippen MR) is 77.1 cm³/mol. The molecule has 4 nitrogen and oxygen atoms in total. The molecule has 1 fully saturated rings. The predicted octanol–water partition coefficient (Wildman–Crippen LogP) is 2.65. The second-order valence-electron chi connectivity index (χ2n) is 5.77. The molecule has 0 aromatic heterocycles. The van der Waals surface area contributed by atoms with Crippen molar-refractivity contribution in [3.05, 3.63) is 23.8 Å². The minimum Gasteiger partial charge on any atom is -0.394 e. The number of nitrogens with two attached hydrogens (primary N) is 1. The number of anilines is 1. The van der Waals surface area contributed by atoms with Gasteiger partial charge in [0.1, 0.15) is 16.4 Å². The first kappa shape index (κ1) is 16.2. The Kier molecular flexibility index (Phi) is 4.53. The third kappa shape index (κ3) is 3.18. The molecule has 3 unspecified atom stereocenters. The van der Waals surface area contributed by atoms with Gasteiger partial charge in [-0.05, 0) is 30.4 Å². The highest BCUT2D eigenvalue weighted by Gasteiger charge is 2.32. The lowest BCUT2D eigenvalue weighted by atomic mass is 9.78. The molecular weight excluding hydrogens is 298 g/mol. The van der Waals surface area contributed by atoms with Gasteiger partial charge in [0.05, 0.1) is 0 Å². The summed E-state index contributed by atoms with van der Waals surface area (Å²) < 4.78 is 54.2. The molecule has 3 N–H and O–H groups in total. The topological polar surface area (TPSA) is 72.2 Å². The maximum absolute atomic E-state index is 13.9. The average molecular weight is 318 g/mol. The zero-order chi connectivity index (χ0) is 15.8. The van der Waals surface area contributed by atoms with Gasteiger partial charge in [0.2, 0.25) is 10.0 Å². The van der Waals surface area contributed by atoms with Gasteiger partial charge in [-0.3, -0.25) is 0 Å². The monoisotopic (exact) mass is 318 g/mol. The van der Waals surface area contributed by atoms with E-state index < -0.39 is 32.2 Å². The molecule has 0 radical (unpaired) electrons. The molecule has 1 aliphatic carbocycles. The van der Waals surface area contributed by atoms with Crippen LogP contribution >= 0.6 is 0 Å². The van der Waals surface area contributed by atoms with Crippen LogP contribution in [-0.4, -0.2) is 14.5 Å². The normalized spacial score (nSPS) is 26.8. The van der Waals surface area contributed by atoms with Gasteiger partial charge in [-0.15, -0.1) is 0 Å². The molecule has 7 heteroatoms. The van der Waals surface area contributed by atoms with Crippen LogP contribution in [0.4, 0.5) is 14.5 Å². The molecule has 0 heterocycles. The molecule has 21 heavy (non-hydrogen) atoms. The van der Waals surface area contributed by atoms with Gasteiger partial charge in [-0.25, -0.2) is 21.9 Å². The van der Waals surface area contributed by atoms with E-state index in [4.69, 9.17) is 5.73 Å². The summed E-state index contributed by atoms with van der Waals surface area (Å²) in [6.45, 7) is 4.05. The van der Waals surface area contributed by atoms with Crippen molar-refractivity contribution in [2.75, 3.05) is 5.73 Å². The number of nitrogen functional groups attached to an aromatic ring is 1. The van der Waals surface area contributed by atoms with Crippen LogP contribution < -0.4 is 10.5 Å². The molecule has 1 aromatic carbocycles. The van der Waals surface area contributed by atoms with Crippen molar-refractivity contribution in [1.82, 2.24) is 4.72 Å². The lowest BCUT2D eigenvalue weighted by Gasteiger charge is -2.34. The molecule has 1 saturated carbocycles. The number of benzene rings is 1. The van der Waals surface area contributed by atoms with Crippen LogP contribution in [0.25, 0.3) is 0 Å². The Morgan fingerprint density at radius 3 is 2.57 bits per heavy atom. The summed E-state index contributed by atoms with van der Waals surface area (Å²) in [4.78, 5) is -0.605. The van der Waals surface area contributed by atoms with Crippen LogP contribution in [0.3, 0.4) is 0 Å². The second-order valence-corrected chi connectivity index (χ2v) is 7.45. The molecule has 0 bridgehead atoms. The molecular formula is C14H20F2N2O2S. The fraction of sp³-hybridized carbons (Fsp3) is 0.571. The molecule has 0 saturated heterocycles. The van der Waals surface area contributed by atoms with Crippen molar-refractivity contribution < 1.29 is 17.2 Å². The van der Waals surface area contributed by atoms with Gasteiger partial charge in [0, 0.05) is 6.04 Å². The van der Waals surface area contributed by atoms with Crippen molar-refractivity contribution in [2.45, 2.75) is 44.0 Å². The molecule has 118 valence electrons. The Morgan fingerprint density at radius 2 is 1.90 bits per heavy atom. The molecule has 1 aliphatic rings. The minimum atomic E-state index is -4.06. The highest BCUT2D eigenvalue weighted by atomic mass is 32.2. The SMILES string of the molecule is CC1CCCC(NS(=O)(=O)c2ccc(F)c(N)c2F)C1C. The lowest BCUT2D eigenvalue weighted by Crippen LogP contribution is -2.43. The number of hydrogen-bond donors (Lipinski definition) is 2. The van der Waals surface area contributed by atoms with Gasteiger partial charge in [-0.2, -0.15) is 0 Å². The standard InChI is InChI=1S/C14H20F2N2O2S/c1-8-4-3-5-11(9(8)2)18-21(19,20)12-7-6-10(15)14(17)13(12)16/h6-9,11,18H,3-5,17H2,1-2H3. The van der Waals surface area contributed by atoms with Crippen LogP contribution in [0, 0.1) is 23.5 Å². The molecule has 0 spiro atoms. The maximum atomic E-state index is 13.9. The van der Waals surface area contributed by atoms with Gasteiger partial charge < -0.3 is 5.73 Å². The number of rotatable bonds is 3. The fourth-order valence-electron chi connectivity index (χ4n) is 2.77. The summed E-state index contributed by atoms with van der Waals surface area (Å²) in [7, 11) is -4.06.